The van der Waals surface area contributed by atoms with Crippen molar-refractivity contribution in [1.29, 1.82) is 0 Å². The summed E-state index contributed by atoms with van der Waals surface area (Å²) < 4.78 is 5.25. The Kier molecular flexibility index (Phi) is 5.54. The van der Waals surface area contributed by atoms with Crippen LogP contribution in [0, 0.1) is 5.92 Å². The standard InChI is InChI=1S/C14H20N2O2S/c1-18-13-5-3-2-4-12(13)8-16-14(17)10-19-9-11-6-15-7-11/h2-5,11,15H,6-10H2,1H3,(H,16,17). The van der Waals surface area contributed by atoms with Crippen LogP contribution in [0.2, 0.25) is 0 Å². The van der Waals surface area contributed by atoms with E-state index in [9.17, 15) is 4.79 Å². The van der Waals surface area contributed by atoms with E-state index in [1.54, 1.807) is 18.9 Å². The summed E-state index contributed by atoms with van der Waals surface area (Å²) in [5.74, 6) is 3.24. The summed E-state index contributed by atoms with van der Waals surface area (Å²) in [6, 6.07) is 7.74. The van der Waals surface area contributed by atoms with Gasteiger partial charge in [-0.15, -0.1) is 0 Å². The van der Waals surface area contributed by atoms with Crippen molar-refractivity contribution in [3.63, 3.8) is 0 Å². The van der Waals surface area contributed by atoms with Gasteiger partial charge in [-0.05, 0) is 30.8 Å². The molecule has 0 spiro atoms. The Morgan fingerprint density at radius 1 is 1.47 bits per heavy atom. The molecule has 2 N–H and O–H groups in total. The summed E-state index contributed by atoms with van der Waals surface area (Å²) in [5, 5.41) is 6.16. The maximum Gasteiger partial charge on any atom is 0.230 e. The molecule has 5 heteroatoms. The van der Waals surface area contributed by atoms with Gasteiger partial charge in [0.25, 0.3) is 0 Å². The lowest BCUT2D eigenvalue weighted by Gasteiger charge is -2.26. The monoisotopic (exact) mass is 280 g/mol. The SMILES string of the molecule is COc1ccccc1CNC(=O)CSCC1CNC1. The van der Waals surface area contributed by atoms with Crippen molar-refractivity contribution in [3.05, 3.63) is 29.8 Å². The van der Waals surface area contributed by atoms with Crippen molar-refractivity contribution < 1.29 is 9.53 Å². The number of hydrogen-bond acceptors (Lipinski definition) is 4. The number of methoxy groups -OCH3 is 1. The van der Waals surface area contributed by atoms with Crippen LogP contribution in [0.3, 0.4) is 0 Å². The first kappa shape index (κ1) is 14.2. The number of thioether (sulfide) groups is 1. The maximum atomic E-state index is 11.7. The molecular formula is C14H20N2O2S. The maximum absolute atomic E-state index is 11.7. The van der Waals surface area contributed by atoms with E-state index in [1.165, 1.54) is 0 Å². The first-order chi connectivity index (χ1) is 9.29. The summed E-state index contributed by atoms with van der Waals surface area (Å²) >= 11 is 1.71. The van der Waals surface area contributed by atoms with Crippen LogP contribution < -0.4 is 15.4 Å². The minimum atomic E-state index is 0.0863. The highest BCUT2D eigenvalue weighted by Crippen LogP contribution is 2.17. The molecule has 1 amide bonds. The number of hydrogen-bond donors (Lipinski definition) is 2. The van der Waals surface area contributed by atoms with Crippen molar-refractivity contribution >= 4 is 17.7 Å². The van der Waals surface area contributed by atoms with Crippen LogP contribution in [0.4, 0.5) is 0 Å². The molecule has 0 bridgehead atoms. The molecule has 1 aromatic carbocycles. The van der Waals surface area contributed by atoms with Gasteiger partial charge in [-0.1, -0.05) is 18.2 Å². The quantitative estimate of drug-likeness (QED) is 0.789. The number of ether oxygens (including phenoxy) is 1. The normalized spacial score (nSPS) is 14.8. The predicted molar refractivity (Wildman–Crippen MR) is 78.5 cm³/mol. The molecule has 0 unspecified atom stereocenters. The fourth-order valence-electron chi connectivity index (χ4n) is 1.88. The van der Waals surface area contributed by atoms with Gasteiger partial charge >= 0.3 is 0 Å². The molecule has 1 aliphatic heterocycles. The average Bonchev–Trinajstić information content (AvgIpc) is 2.39. The molecular weight excluding hydrogens is 260 g/mol. The molecule has 2 rings (SSSR count). The first-order valence-corrected chi connectivity index (χ1v) is 7.62. The van der Waals surface area contributed by atoms with Gasteiger partial charge in [0.15, 0.2) is 0 Å². The molecule has 1 aromatic rings. The number of amides is 1. The molecule has 1 aliphatic rings. The Bertz CT molecular complexity index is 422. The van der Waals surface area contributed by atoms with Gasteiger partial charge in [0.1, 0.15) is 5.75 Å². The molecule has 4 nitrogen and oxygen atoms in total. The molecule has 0 radical (unpaired) electrons. The van der Waals surface area contributed by atoms with Gasteiger partial charge in [-0.2, -0.15) is 11.8 Å². The molecule has 19 heavy (non-hydrogen) atoms. The molecule has 1 heterocycles. The summed E-state index contributed by atoms with van der Waals surface area (Å²) in [6.45, 7) is 2.71. The van der Waals surface area contributed by atoms with Crippen LogP contribution in [-0.4, -0.2) is 37.6 Å². The zero-order valence-corrected chi connectivity index (χ0v) is 12.0. The minimum Gasteiger partial charge on any atom is -0.496 e. The predicted octanol–water partition coefficient (Wildman–Crippen LogP) is 1.26. The highest BCUT2D eigenvalue weighted by molar-refractivity contribution is 7.99. The highest BCUT2D eigenvalue weighted by Gasteiger charge is 2.16. The fourth-order valence-corrected chi connectivity index (χ4v) is 2.85. The zero-order valence-electron chi connectivity index (χ0n) is 11.1. The summed E-state index contributed by atoms with van der Waals surface area (Å²) in [4.78, 5) is 11.7. The third-order valence-corrected chi connectivity index (χ3v) is 4.29. The number of carbonyl (C=O) groups excluding carboxylic acids is 1. The molecule has 0 aliphatic carbocycles. The molecule has 0 saturated carbocycles. The highest BCUT2D eigenvalue weighted by atomic mass is 32.2. The van der Waals surface area contributed by atoms with Crippen LogP contribution in [0.5, 0.6) is 5.75 Å². The fraction of sp³-hybridized carbons (Fsp3) is 0.500. The van der Waals surface area contributed by atoms with Gasteiger partial charge in [0.05, 0.1) is 12.9 Å². The Hall–Kier alpha value is -1.20. The smallest absolute Gasteiger partial charge is 0.230 e. The van der Waals surface area contributed by atoms with E-state index in [-0.39, 0.29) is 5.91 Å². The van der Waals surface area contributed by atoms with E-state index in [1.807, 2.05) is 24.3 Å². The Morgan fingerprint density at radius 3 is 2.95 bits per heavy atom. The number of para-hydroxylation sites is 1. The van der Waals surface area contributed by atoms with Crippen molar-refractivity contribution in [2.75, 3.05) is 31.7 Å². The third kappa shape index (κ3) is 4.44. The number of carbonyl (C=O) groups is 1. The largest absolute Gasteiger partial charge is 0.496 e. The second-order valence-corrected chi connectivity index (χ2v) is 5.66. The van der Waals surface area contributed by atoms with Crippen LogP contribution in [0.1, 0.15) is 5.56 Å². The second-order valence-electron chi connectivity index (χ2n) is 4.63. The summed E-state index contributed by atoms with van der Waals surface area (Å²) in [5.41, 5.74) is 1.01. The van der Waals surface area contributed by atoms with E-state index in [2.05, 4.69) is 10.6 Å². The van der Waals surface area contributed by atoms with Crippen molar-refractivity contribution in [1.82, 2.24) is 10.6 Å². The number of benzene rings is 1. The van der Waals surface area contributed by atoms with Crippen molar-refractivity contribution in [2.45, 2.75) is 6.54 Å². The van der Waals surface area contributed by atoms with Gasteiger partial charge in [0, 0.05) is 12.1 Å². The van der Waals surface area contributed by atoms with E-state index < -0.39 is 0 Å². The topological polar surface area (TPSA) is 50.4 Å². The summed E-state index contributed by atoms with van der Waals surface area (Å²) in [6.07, 6.45) is 0. The zero-order chi connectivity index (χ0) is 13.5. The van der Waals surface area contributed by atoms with E-state index >= 15 is 0 Å². The first-order valence-electron chi connectivity index (χ1n) is 6.46. The molecule has 1 saturated heterocycles. The molecule has 1 fully saturated rings. The van der Waals surface area contributed by atoms with Crippen LogP contribution >= 0.6 is 11.8 Å². The lowest BCUT2D eigenvalue weighted by atomic mass is 10.1. The van der Waals surface area contributed by atoms with Crippen LogP contribution in [0.25, 0.3) is 0 Å². The van der Waals surface area contributed by atoms with Crippen molar-refractivity contribution in [3.8, 4) is 5.75 Å². The van der Waals surface area contributed by atoms with Crippen LogP contribution in [-0.2, 0) is 11.3 Å². The Labute approximate surface area is 118 Å². The molecule has 0 aromatic heterocycles. The number of rotatable bonds is 7. The Balaban J connectivity index is 1.67. The lowest BCUT2D eigenvalue weighted by Crippen LogP contribution is -2.43. The van der Waals surface area contributed by atoms with Gasteiger partial charge in [-0.3, -0.25) is 4.79 Å². The average molecular weight is 280 g/mol. The van der Waals surface area contributed by atoms with Gasteiger partial charge in [0.2, 0.25) is 5.91 Å². The van der Waals surface area contributed by atoms with E-state index in [0.717, 1.165) is 36.1 Å². The molecule has 104 valence electrons. The Morgan fingerprint density at radius 2 is 2.26 bits per heavy atom. The summed E-state index contributed by atoms with van der Waals surface area (Å²) in [7, 11) is 1.64. The minimum absolute atomic E-state index is 0.0863. The number of nitrogens with one attached hydrogen (secondary N) is 2. The third-order valence-electron chi connectivity index (χ3n) is 3.12. The van der Waals surface area contributed by atoms with E-state index in [4.69, 9.17) is 4.74 Å². The van der Waals surface area contributed by atoms with Crippen molar-refractivity contribution in [2.24, 2.45) is 5.92 Å². The van der Waals surface area contributed by atoms with Gasteiger partial charge < -0.3 is 15.4 Å². The van der Waals surface area contributed by atoms with Gasteiger partial charge in [-0.25, -0.2) is 0 Å². The molecule has 0 atom stereocenters. The van der Waals surface area contributed by atoms with Crippen LogP contribution in [0.15, 0.2) is 24.3 Å². The lowest BCUT2D eigenvalue weighted by molar-refractivity contribution is -0.118. The second kappa shape index (κ2) is 7.40. The van der Waals surface area contributed by atoms with E-state index in [0.29, 0.717) is 12.3 Å².